The highest BCUT2D eigenvalue weighted by molar-refractivity contribution is 8.03. The van der Waals surface area contributed by atoms with Gasteiger partial charge in [-0.3, -0.25) is 9.59 Å². The fraction of sp³-hybridized carbons (Fsp3) is 0.438. The minimum absolute atomic E-state index is 0.000544. The van der Waals surface area contributed by atoms with Gasteiger partial charge in [-0.05, 0) is 54.8 Å². The van der Waals surface area contributed by atoms with Crippen molar-refractivity contribution < 1.29 is 22.7 Å². The fourth-order valence-corrected chi connectivity index (χ4v) is 4.89. The molecule has 2 rings (SSSR count). The molecule has 9 heteroatoms. The Morgan fingerprint density at radius 2 is 2.20 bits per heavy atom. The third-order valence-electron chi connectivity index (χ3n) is 3.78. The smallest absolute Gasteiger partial charge is 0.306 e. The number of aryl methyl sites for hydroxylation is 1. The maximum absolute atomic E-state index is 11.9. The second kappa shape index (κ2) is 8.36. The molecule has 25 heavy (non-hydrogen) atoms. The highest BCUT2D eigenvalue weighted by Gasteiger charge is 2.30. The Kier molecular flexibility index (Phi) is 6.45. The predicted octanol–water partition coefficient (Wildman–Crippen LogP) is 1.87. The molecule has 134 valence electrons. The molecule has 1 N–H and O–H groups in total. The zero-order chi connectivity index (χ0) is 18.4. The van der Waals surface area contributed by atoms with Crippen molar-refractivity contribution >= 4 is 39.2 Å². The number of carbonyl (C=O) groups excluding carboxylic acids is 2. The number of anilines is 1. The van der Waals surface area contributed by atoms with E-state index in [0.29, 0.717) is 12.1 Å². The summed E-state index contributed by atoms with van der Waals surface area (Å²) in [7, 11) is -3.03. The SMILES string of the molecule is Cc1cc(SC#N)ccc1NC(=O)COC(=O)C[C@@H]1CCS(=O)(=O)C1. The summed E-state index contributed by atoms with van der Waals surface area (Å²) in [6.45, 7) is 1.37. The fourth-order valence-electron chi connectivity index (χ4n) is 2.55. The van der Waals surface area contributed by atoms with Crippen molar-refractivity contribution in [3.05, 3.63) is 23.8 Å². The average Bonchev–Trinajstić information content (AvgIpc) is 2.87. The molecule has 7 nitrogen and oxygen atoms in total. The number of benzene rings is 1. The Hall–Kier alpha value is -2.05. The number of thiocyanates is 1. The first-order valence-corrected chi connectivity index (χ1v) is 10.3. The largest absolute Gasteiger partial charge is 0.456 e. The minimum atomic E-state index is -3.03. The molecule has 1 aromatic carbocycles. The lowest BCUT2D eigenvalue weighted by Crippen LogP contribution is -2.22. The summed E-state index contributed by atoms with van der Waals surface area (Å²) < 4.78 is 27.6. The van der Waals surface area contributed by atoms with Crippen molar-refractivity contribution in [2.45, 2.75) is 24.7 Å². The summed E-state index contributed by atoms with van der Waals surface area (Å²) in [5.74, 6) is -1.18. The summed E-state index contributed by atoms with van der Waals surface area (Å²) in [5, 5.41) is 13.2. The van der Waals surface area contributed by atoms with E-state index in [-0.39, 0.29) is 23.8 Å². The van der Waals surface area contributed by atoms with Crippen LogP contribution in [0.15, 0.2) is 23.1 Å². The molecule has 1 saturated heterocycles. The number of ether oxygens (including phenoxy) is 1. The summed E-state index contributed by atoms with van der Waals surface area (Å²) >= 11 is 1.03. The molecule has 0 bridgehead atoms. The minimum Gasteiger partial charge on any atom is -0.456 e. The highest BCUT2D eigenvalue weighted by atomic mass is 32.2. The first kappa shape index (κ1) is 19.3. The molecule has 1 atom stereocenters. The van der Waals surface area contributed by atoms with Crippen LogP contribution >= 0.6 is 11.8 Å². The molecule has 0 aromatic heterocycles. The Morgan fingerprint density at radius 1 is 1.44 bits per heavy atom. The van der Waals surface area contributed by atoms with E-state index >= 15 is 0 Å². The van der Waals surface area contributed by atoms with Crippen LogP contribution in [0, 0.1) is 23.5 Å². The lowest BCUT2D eigenvalue weighted by atomic mass is 10.1. The number of esters is 1. The Labute approximate surface area is 150 Å². The van der Waals surface area contributed by atoms with Gasteiger partial charge in [-0.1, -0.05) is 0 Å². The molecule has 1 aliphatic heterocycles. The van der Waals surface area contributed by atoms with Gasteiger partial charge < -0.3 is 10.1 Å². The van der Waals surface area contributed by atoms with Crippen LogP contribution in [0.4, 0.5) is 5.69 Å². The monoisotopic (exact) mass is 382 g/mol. The normalized spacial score (nSPS) is 18.3. The maximum Gasteiger partial charge on any atom is 0.306 e. The molecule has 1 fully saturated rings. The average molecular weight is 382 g/mol. The van der Waals surface area contributed by atoms with Crippen molar-refractivity contribution in [3.63, 3.8) is 0 Å². The van der Waals surface area contributed by atoms with Crippen LogP contribution in [0.2, 0.25) is 0 Å². The van der Waals surface area contributed by atoms with Crippen LogP contribution in [-0.2, 0) is 24.2 Å². The molecule has 1 amide bonds. The number of thioether (sulfide) groups is 1. The molecule has 0 aliphatic carbocycles. The van der Waals surface area contributed by atoms with E-state index in [9.17, 15) is 18.0 Å². The van der Waals surface area contributed by atoms with Gasteiger partial charge in [0.2, 0.25) is 0 Å². The predicted molar refractivity (Wildman–Crippen MR) is 93.6 cm³/mol. The number of amides is 1. The summed E-state index contributed by atoms with van der Waals surface area (Å²) in [6.07, 6.45) is 0.460. The number of carbonyl (C=O) groups is 2. The lowest BCUT2D eigenvalue weighted by molar-refractivity contribution is -0.148. The van der Waals surface area contributed by atoms with Gasteiger partial charge in [-0.25, -0.2) is 8.42 Å². The van der Waals surface area contributed by atoms with Gasteiger partial charge in [0.15, 0.2) is 16.4 Å². The van der Waals surface area contributed by atoms with E-state index < -0.39 is 28.3 Å². The third kappa shape index (κ3) is 6.07. The van der Waals surface area contributed by atoms with Gasteiger partial charge in [0.25, 0.3) is 5.91 Å². The number of hydrogen-bond donors (Lipinski definition) is 1. The molecule has 1 aromatic rings. The van der Waals surface area contributed by atoms with Crippen LogP contribution in [-0.4, -0.2) is 38.4 Å². The number of nitrogens with zero attached hydrogens (tertiary/aromatic N) is 1. The molecule has 0 spiro atoms. The molecular weight excluding hydrogens is 364 g/mol. The van der Waals surface area contributed by atoms with E-state index in [1.54, 1.807) is 25.1 Å². The van der Waals surface area contributed by atoms with Crippen LogP contribution < -0.4 is 5.32 Å². The highest BCUT2D eigenvalue weighted by Crippen LogP contribution is 2.24. The van der Waals surface area contributed by atoms with Crippen molar-refractivity contribution in [2.24, 2.45) is 5.92 Å². The van der Waals surface area contributed by atoms with Crippen molar-refractivity contribution in [2.75, 3.05) is 23.4 Å². The van der Waals surface area contributed by atoms with Gasteiger partial charge in [0, 0.05) is 17.0 Å². The van der Waals surface area contributed by atoms with Gasteiger partial charge in [-0.15, -0.1) is 0 Å². The summed E-state index contributed by atoms with van der Waals surface area (Å²) in [4.78, 5) is 24.4. The first-order chi connectivity index (χ1) is 11.8. The first-order valence-electron chi connectivity index (χ1n) is 7.61. The van der Waals surface area contributed by atoms with Crippen LogP contribution in [0.25, 0.3) is 0 Å². The van der Waals surface area contributed by atoms with Crippen molar-refractivity contribution in [1.29, 1.82) is 5.26 Å². The molecule has 0 saturated carbocycles. The lowest BCUT2D eigenvalue weighted by Gasteiger charge is -2.10. The number of rotatable bonds is 6. The quantitative estimate of drug-likeness (QED) is 0.454. The standard InChI is InChI=1S/C16H18N2O5S2/c1-11-6-13(24-10-17)2-3-14(11)18-15(19)8-23-16(20)7-12-4-5-25(21,22)9-12/h2-3,6,12H,4-5,7-9H2,1H3,(H,18,19)/t12-/m0/s1. The molecular formula is C16H18N2O5S2. The van der Waals surface area contributed by atoms with Crippen LogP contribution in [0.5, 0.6) is 0 Å². The Balaban J connectivity index is 1.79. The molecule has 1 heterocycles. The van der Waals surface area contributed by atoms with E-state index in [1.165, 1.54) is 0 Å². The van der Waals surface area contributed by atoms with E-state index in [4.69, 9.17) is 10.00 Å². The zero-order valence-corrected chi connectivity index (χ0v) is 15.3. The summed E-state index contributed by atoms with van der Waals surface area (Å²) in [5.41, 5.74) is 1.36. The summed E-state index contributed by atoms with van der Waals surface area (Å²) in [6, 6.07) is 5.16. The Bertz CT molecular complexity index is 814. The number of nitrogens with one attached hydrogen (secondary N) is 1. The Morgan fingerprint density at radius 3 is 2.80 bits per heavy atom. The van der Waals surface area contributed by atoms with Crippen LogP contribution in [0.1, 0.15) is 18.4 Å². The van der Waals surface area contributed by atoms with E-state index in [0.717, 1.165) is 22.2 Å². The topological polar surface area (TPSA) is 113 Å². The molecule has 1 aliphatic rings. The molecule has 0 radical (unpaired) electrons. The van der Waals surface area contributed by atoms with E-state index in [1.807, 2.05) is 5.40 Å². The maximum atomic E-state index is 11.9. The number of nitriles is 1. The van der Waals surface area contributed by atoms with Gasteiger partial charge in [0.05, 0.1) is 11.5 Å². The van der Waals surface area contributed by atoms with Gasteiger partial charge >= 0.3 is 5.97 Å². The zero-order valence-electron chi connectivity index (χ0n) is 13.6. The molecule has 0 unspecified atom stereocenters. The third-order valence-corrected chi connectivity index (χ3v) is 6.20. The van der Waals surface area contributed by atoms with Gasteiger partial charge in [-0.2, -0.15) is 5.26 Å². The van der Waals surface area contributed by atoms with E-state index in [2.05, 4.69) is 5.32 Å². The number of hydrogen-bond acceptors (Lipinski definition) is 7. The van der Waals surface area contributed by atoms with Gasteiger partial charge in [0.1, 0.15) is 5.40 Å². The van der Waals surface area contributed by atoms with Crippen molar-refractivity contribution in [1.82, 2.24) is 0 Å². The second-order valence-corrected chi connectivity index (χ2v) is 8.94. The number of sulfone groups is 1. The second-order valence-electron chi connectivity index (χ2n) is 5.85. The van der Waals surface area contributed by atoms with Crippen molar-refractivity contribution in [3.8, 4) is 5.40 Å². The van der Waals surface area contributed by atoms with Crippen LogP contribution in [0.3, 0.4) is 0 Å².